The zero-order chi connectivity index (χ0) is 18.1. The molecule has 1 aromatic carbocycles. The van der Waals surface area contributed by atoms with Crippen LogP contribution in [0.15, 0.2) is 42.7 Å². The number of hydrogen-bond acceptors (Lipinski definition) is 3. The van der Waals surface area contributed by atoms with E-state index in [9.17, 15) is 14.7 Å². The number of aromatic nitrogens is 2. The zero-order valence-corrected chi connectivity index (χ0v) is 14.5. The third-order valence-electron chi connectivity index (χ3n) is 5.66. The minimum atomic E-state index is -0.772. The van der Waals surface area contributed by atoms with Gasteiger partial charge >= 0.3 is 12.0 Å². The number of carboxylic acids is 1. The van der Waals surface area contributed by atoms with Crippen molar-refractivity contribution in [2.45, 2.75) is 25.8 Å². The highest BCUT2D eigenvalue weighted by Gasteiger charge is 2.55. The number of carboxylic acid groups (broad SMARTS) is 1. The molecule has 2 amide bonds. The molecule has 7 heteroatoms. The van der Waals surface area contributed by atoms with Gasteiger partial charge in [0.15, 0.2) is 0 Å². The standard InChI is InChI=1S/C19H22N4O3/c24-17(25)19-8-4-7-15(19)11-22(13-19)18(26)21-16-9-20-23(12-16)10-14-5-2-1-3-6-14/h1-3,5-6,9,12,15H,4,7-8,10-11,13H2,(H,21,26)(H,24,25)/t15-,19+/m0/s1. The fourth-order valence-electron chi connectivity index (χ4n) is 4.28. The maximum Gasteiger partial charge on any atom is 0.321 e. The van der Waals surface area contributed by atoms with Crippen molar-refractivity contribution in [2.75, 3.05) is 18.4 Å². The Bertz CT molecular complexity index is 819. The van der Waals surface area contributed by atoms with E-state index in [-0.39, 0.29) is 18.5 Å². The van der Waals surface area contributed by atoms with E-state index in [2.05, 4.69) is 10.4 Å². The van der Waals surface area contributed by atoms with Gasteiger partial charge in [0.25, 0.3) is 0 Å². The summed E-state index contributed by atoms with van der Waals surface area (Å²) >= 11 is 0. The van der Waals surface area contributed by atoms with Crippen LogP contribution in [0.4, 0.5) is 10.5 Å². The molecule has 0 spiro atoms. The lowest BCUT2D eigenvalue weighted by atomic mass is 9.81. The molecule has 2 heterocycles. The molecule has 1 aromatic heterocycles. The Morgan fingerprint density at radius 2 is 2.12 bits per heavy atom. The quantitative estimate of drug-likeness (QED) is 0.884. The third kappa shape index (κ3) is 2.94. The lowest BCUT2D eigenvalue weighted by Gasteiger charge is -2.23. The Labute approximate surface area is 151 Å². The number of carbonyl (C=O) groups is 2. The number of carbonyl (C=O) groups excluding carboxylic acids is 1. The number of rotatable bonds is 4. The first-order valence-electron chi connectivity index (χ1n) is 8.92. The van der Waals surface area contributed by atoms with Gasteiger partial charge < -0.3 is 15.3 Å². The van der Waals surface area contributed by atoms with Crippen LogP contribution in [0.1, 0.15) is 24.8 Å². The summed E-state index contributed by atoms with van der Waals surface area (Å²) in [6, 6.07) is 9.71. The van der Waals surface area contributed by atoms with Gasteiger partial charge in [0.05, 0.1) is 23.8 Å². The minimum Gasteiger partial charge on any atom is -0.481 e. The molecule has 26 heavy (non-hydrogen) atoms. The van der Waals surface area contributed by atoms with E-state index < -0.39 is 11.4 Å². The highest BCUT2D eigenvalue weighted by molar-refractivity contribution is 5.90. The zero-order valence-electron chi connectivity index (χ0n) is 14.5. The summed E-state index contributed by atoms with van der Waals surface area (Å²) in [6.07, 6.45) is 5.87. The second kappa shape index (κ2) is 6.48. The maximum absolute atomic E-state index is 12.6. The molecule has 2 N–H and O–H groups in total. The molecule has 0 radical (unpaired) electrons. The number of benzene rings is 1. The van der Waals surface area contributed by atoms with Crippen molar-refractivity contribution < 1.29 is 14.7 Å². The first kappa shape index (κ1) is 16.6. The second-order valence-electron chi connectivity index (χ2n) is 7.27. The first-order valence-corrected chi connectivity index (χ1v) is 8.92. The van der Waals surface area contributed by atoms with Crippen LogP contribution in [-0.2, 0) is 11.3 Å². The van der Waals surface area contributed by atoms with Gasteiger partial charge in [0.2, 0.25) is 0 Å². The largest absolute Gasteiger partial charge is 0.481 e. The summed E-state index contributed by atoms with van der Waals surface area (Å²) < 4.78 is 1.77. The van der Waals surface area contributed by atoms with Crippen molar-refractivity contribution >= 4 is 17.7 Å². The van der Waals surface area contributed by atoms with Gasteiger partial charge in [-0.3, -0.25) is 9.48 Å². The summed E-state index contributed by atoms with van der Waals surface area (Å²) in [5.74, 6) is -0.711. The number of nitrogens with zero attached hydrogens (tertiary/aromatic N) is 3. The van der Waals surface area contributed by atoms with Gasteiger partial charge in [0, 0.05) is 19.3 Å². The molecule has 4 rings (SSSR count). The number of anilines is 1. The van der Waals surface area contributed by atoms with E-state index in [1.165, 1.54) is 0 Å². The van der Waals surface area contributed by atoms with Crippen molar-refractivity contribution in [1.29, 1.82) is 0 Å². The molecule has 2 fully saturated rings. The molecule has 1 saturated heterocycles. The molecular formula is C19H22N4O3. The van der Waals surface area contributed by atoms with Crippen molar-refractivity contribution in [2.24, 2.45) is 11.3 Å². The average Bonchev–Trinajstić information content (AvgIpc) is 3.30. The highest BCUT2D eigenvalue weighted by Crippen LogP contribution is 2.48. The van der Waals surface area contributed by atoms with Gasteiger partial charge in [0.1, 0.15) is 0 Å². The van der Waals surface area contributed by atoms with E-state index in [1.54, 1.807) is 22.0 Å². The number of urea groups is 1. The molecule has 0 unspecified atom stereocenters. The lowest BCUT2D eigenvalue weighted by Crippen LogP contribution is -2.38. The van der Waals surface area contributed by atoms with Gasteiger partial charge in [-0.15, -0.1) is 0 Å². The van der Waals surface area contributed by atoms with Gasteiger partial charge in [-0.25, -0.2) is 4.79 Å². The number of aliphatic carboxylic acids is 1. The van der Waals surface area contributed by atoms with Crippen LogP contribution in [0, 0.1) is 11.3 Å². The van der Waals surface area contributed by atoms with Crippen molar-refractivity contribution in [3.8, 4) is 0 Å². The van der Waals surface area contributed by atoms with Crippen molar-refractivity contribution in [1.82, 2.24) is 14.7 Å². The fraction of sp³-hybridized carbons (Fsp3) is 0.421. The van der Waals surface area contributed by atoms with E-state index in [0.29, 0.717) is 25.2 Å². The number of hydrogen-bond donors (Lipinski definition) is 2. The summed E-state index contributed by atoms with van der Waals surface area (Å²) in [6.45, 7) is 1.43. The smallest absolute Gasteiger partial charge is 0.321 e. The minimum absolute atomic E-state index is 0.0616. The molecule has 2 atom stereocenters. The average molecular weight is 354 g/mol. The van der Waals surface area contributed by atoms with Crippen LogP contribution in [0.5, 0.6) is 0 Å². The molecule has 2 aliphatic rings. The Morgan fingerprint density at radius 3 is 2.85 bits per heavy atom. The van der Waals surface area contributed by atoms with E-state index in [1.807, 2.05) is 30.3 Å². The maximum atomic E-state index is 12.6. The van der Waals surface area contributed by atoms with Crippen LogP contribution in [0.3, 0.4) is 0 Å². The van der Waals surface area contributed by atoms with Gasteiger partial charge in [-0.2, -0.15) is 5.10 Å². The topological polar surface area (TPSA) is 87.5 Å². The van der Waals surface area contributed by atoms with Crippen LogP contribution in [0.2, 0.25) is 0 Å². The van der Waals surface area contributed by atoms with Crippen molar-refractivity contribution in [3.05, 3.63) is 48.3 Å². The van der Waals surface area contributed by atoms with E-state index in [4.69, 9.17) is 0 Å². The Morgan fingerprint density at radius 1 is 1.31 bits per heavy atom. The Balaban J connectivity index is 1.39. The summed E-state index contributed by atoms with van der Waals surface area (Å²) in [7, 11) is 0. The number of fused-ring (bicyclic) bond motifs is 1. The SMILES string of the molecule is O=C(Nc1cnn(Cc2ccccc2)c1)N1C[C@@H]2CCC[C@@]2(C(=O)O)C1. The predicted octanol–water partition coefficient (Wildman–Crippen LogP) is 2.65. The Kier molecular flexibility index (Phi) is 4.14. The molecular weight excluding hydrogens is 332 g/mol. The number of amides is 2. The van der Waals surface area contributed by atoms with Crippen molar-refractivity contribution in [3.63, 3.8) is 0 Å². The molecule has 0 bridgehead atoms. The predicted molar refractivity (Wildman–Crippen MR) is 95.8 cm³/mol. The van der Waals surface area contributed by atoms with Crippen LogP contribution in [-0.4, -0.2) is 44.9 Å². The van der Waals surface area contributed by atoms with Crippen LogP contribution in [0.25, 0.3) is 0 Å². The fourth-order valence-corrected chi connectivity index (χ4v) is 4.28. The monoisotopic (exact) mass is 354 g/mol. The van der Waals surface area contributed by atoms with E-state index >= 15 is 0 Å². The summed E-state index contributed by atoms with van der Waals surface area (Å²) in [5, 5.41) is 16.8. The third-order valence-corrected chi connectivity index (χ3v) is 5.66. The Hall–Kier alpha value is -2.83. The summed E-state index contributed by atoms with van der Waals surface area (Å²) in [5.41, 5.74) is 0.992. The normalized spacial score (nSPS) is 24.5. The van der Waals surface area contributed by atoms with Gasteiger partial charge in [-0.1, -0.05) is 36.8 Å². The molecule has 136 valence electrons. The molecule has 7 nitrogen and oxygen atoms in total. The van der Waals surface area contributed by atoms with Gasteiger partial charge in [-0.05, 0) is 24.3 Å². The van der Waals surface area contributed by atoms with E-state index in [0.717, 1.165) is 18.4 Å². The lowest BCUT2D eigenvalue weighted by molar-refractivity contribution is -0.149. The second-order valence-corrected chi connectivity index (χ2v) is 7.27. The highest BCUT2D eigenvalue weighted by atomic mass is 16.4. The number of likely N-dealkylation sites (tertiary alicyclic amines) is 1. The molecule has 1 aliphatic carbocycles. The molecule has 1 aliphatic heterocycles. The molecule has 2 aromatic rings. The summed E-state index contributed by atoms with van der Waals surface area (Å²) in [4.78, 5) is 25.9. The van der Waals surface area contributed by atoms with Crippen LogP contribution < -0.4 is 5.32 Å². The molecule has 1 saturated carbocycles. The first-order chi connectivity index (χ1) is 12.6. The van der Waals surface area contributed by atoms with Crippen LogP contribution >= 0.6 is 0 Å². The number of nitrogens with one attached hydrogen (secondary N) is 1.